The molecule has 0 spiro atoms. The molecule has 5 heteroatoms. The first-order valence-electron chi connectivity index (χ1n) is 7.67. The molecule has 0 atom stereocenters. The van der Waals surface area contributed by atoms with E-state index in [4.69, 9.17) is 4.74 Å². The van der Waals surface area contributed by atoms with Crippen LogP contribution in [0.2, 0.25) is 0 Å². The number of nitrogens with zero attached hydrogens (tertiary/aromatic N) is 2. The number of hydrogen-bond donors (Lipinski definition) is 1. The molecule has 116 valence electrons. The molecule has 1 saturated heterocycles. The third-order valence-electron chi connectivity index (χ3n) is 4.03. The van der Waals surface area contributed by atoms with Gasteiger partial charge in [-0.1, -0.05) is 11.8 Å². The van der Waals surface area contributed by atoms with E-state index in [9.17, 15) is 4.79 Å². The van der Waals surface area contributed by atoms with Gasteiger partial charge >= 0.3 is 0 Å². The van der Waals surface area contributed by atoms with Crippen LogP contribution in [0.25, 0.3) is 0 Å². The molecule has 0 aliphatic carbocycles. The van der Waals surface area contributed by atoms with E-state index < -0.39 is 0 Å². The van der Waals surface area contributed by atoms with Crippen molar-refractivity contribution in [1.29, 1.82) is 0 Å². The second kappa shape index (κ2) is 6.82. The molecule has 0 bridgehead atoms. The van der Waals surface area contributed by atoms with Crippen LogP contribution in [0.5, 0.6) is 0 Å². The monoisotopic (exact) mass is 299 g/mol. The molecule has 1 fully saturated rings. The molecule has 2 heterocycles. The van der Waals surface area contributed by atoms with Crippen LogP contribution < -0.4 is 10.2 Å². The smallest absolute Gasteiger partial charge is 0.228 e. The molecule has 5 nitrogen and oxygen atoms in total. The number of carbonyl (C=O) groups is 1. The normalized spacial score (nSPS) is 18.8. The molecule has 3 rings (SSSR count). The van der Waals surface area contributed by atoms with Crippen LogP contribution in [0.1, 0.15) is 12.0 Å². The van der Waals surface area contributed by atoms with Crippen LogP contribution in [-0.4, -0.2) is 57.2 Å². The zero-order chi connectivity index (χ0) is 15.4. The minimum absolute atomic E-state index is 0.129. The SMILES string of the molecule is CN1C(=O)CCNc2ccc(C#CCN3CCOCC3)cc21. The Morgan fingerprint density at radius 3 is 2.95 bits per heavy atom. The van der Waals surface area contributed by atoms with Crippen molar-refractivity contribution in [2.75, 3.05) is 56.7 Å². The fraction of sp³-hybridized carbons (Fsp3) is 0.471. The fourth-order valence-electron chi connectivity index (χ4n) is 2.66. The Morgan fingerprint density at radius 1 is 1.32 bits per heavy atom. The van der Waals surface area contributed by atoms with E-state index in [1.54, 1.807) is 4.90 Å². The van der Waals surface area contributed by atoms with E-state index in [1.165, 1.54) is 0 Å². The van der Waals surface area contributed by atoms with Gasteiger partial charge in [0.15, 0.2) is 0 Å². The second-order valence-corrected chi connectivity index (χ2v) is 5.55. The highest BCUT2D eigenvalue weighted by Gasteiger charge is 2.18. The number of carbonyl (C=O) groups excluding carboxylic acids is 1. The third kappa shape index (κ3) is 3.41. The van der Waals surface area contributed by atoms with Crippen LogP contribution >= 0.6 is 0 Å². The van der Waals surface area contributed by atoms with Gasteiger partial charge in [-0.25, -0.2) is 0 Å². The van der Waals surface area contributed by atoms with E-state index in [-0.39, 0.29) is 5.91 Å². The van der Waals surface area contributed by atoms with E-state index >= 15 is 0 Å². The fourth-order valence-corrected chi connectivity index (χ4v) is 2.66. The zero-order valence-corrected chi connectivity index (χ0v) is 12.9. The average Bonchev–Trinajstić information content (AvgIpc) is 2.68. The highest BCUT2D eigenvalue weighted by atomic mass is 16.5. The van der Waals surface area contributed by atoms with Gasteiger partial charge in [0.05, 0.1) is 31.1 Å². The van der Waals surface area contributed by atoms with Crippen molar-refractivity contribution in [3.05, 3.63) is 23.8 Å². The Balaban J connectivity index is 1.73. The molecule has 0 unspecified atom stereocenters. The number of morpholine rings is 1. The molecule has 2 aliphatic rings. The summed E-state index contributed by atoms with van der Waals surface area (Å²) in [5, 5.41) is 3.29. The first-order chi connectivity index (χ1) is 10.7. The van der Waals surface area contributed by atoms with Gasteiger partial charge in [-0.2, -0.15) is 0 Å². The lowest BCUT2D eigenvalue weighted by Gasteiger charge is -2.24. The summed E-state index contributed by atoms with van der Waals surface area (Å²) in [6, 6.07) is 5.99. The lowest BCUT2D eigenvalue weighted by atomic mass is 10.1. The molecule has 0 aromatic heterocycles. The van der Waals surface area contributed by atoms with Gasteiger partial charge in [-0.3, -0.25) is 9.69 Å². The Morgan fingerprint density at radius 2 is 2.14 bits per heavy atom. The maximum Gasteiger partial charge on any atom is 0.228 e. The predicted octanol–water partition coefficient (Wildman–Crippen LogP) is 1.15. The van der Waals surface area contributed by atoms with Gasteiger partial charge in [-0.15, -0.1) is 0 Å². The lowest BCUT2D eigenvalue weighted by Crippen LogP contribution is -2.36. The summed E-state index contributed by atoms with van der Waals surface area (Å²) in [7, 11) is 1.82. The maximum atomic E-state index is 11.9. The summed E-state index contributed by atoms with van der Waals surface area (Å²) in [5.41, 5.74) is 2.84. The highest BCUT2D eigenvalue weighted by Crippen LogP contribution is 2.28. The predicted molar refractivity (Wildman–Crippen MR) is 87.1 cm³/mol. The number of benzene rings is 1. The van der Waals surface area contributed by atoms with Crippen molar-refractivity contribution >= 4 is 17.3 Å². The van der Waals surface area contributed by atoms with Crippen molar-refractivity contribution in [3.63, 3.8) is 0 Å². The van der Waals surface area contributed by atoms with Gasteiger partial charge in [0, 0.05) is 38.7 Å². The van der Waals surface area contributed by atoms with Crippen molar-refractivity contribution in [3.8, 4) is 11.8 Å². The number of rotatable bonds is 1. The molecule has 0 radical (unpaired) electrons. The summed E-state index contributed by atoms with van der Waals surface area (Å²) in [6.45, 7) is 4.91. The quantitative estimate of drug-likeness (QED) is 0.790. The Labute approximate surface area is 131 Å². The van der Waals surface area contributed by atoms with Crippen LogP contribution in [0.15, 0.2) is 18.2 Å². The van der Waals surface area contributed by atoms with Crippen molar-refractivity contribution in [2.24, 2.45) is 0 Å². The van der Waals surface area contributed by atoms with Gasteiger partial charge in [0.25, 0.3) is 0 Å². The molecule has 2 aliphatic heterocycles. The minimum atomic E-state index is 0.129. The molecule has 1 N–H and O–H groups in total. The Hall–Kier alpha value is -2.03. The summed E-state index contributed by atoms with van der Waals surface area (Å²) in [5.74, 6) is 6.55. The van der Waals surface area contributed by atoms with Crippen molar-refractivity contribution in [2.45, 2.75) is 6.42 Å². The van der Waals surface area contributed by atoms with E-state index in [1.807, 2.05) is 25.2 Å². The minimum Gasteiger partial charge on any atom is -0.383 e. The van der Waals surface area contributed by atoms with Gasteiger partial charge in [-0.05, 0) is 18.2 Å². The Bertz CT molecular complexity index is 612. The molecule has 1 aromatic rings. The second-order valence-electron chi connectivity index (χ2n) is 5.55. The molecule has 22 heavy (non-hydrogen) atoms. The number of ether oxygens (including phenoxy) is 1. The first kappa shape index (κ1) is 14.9. The van der Waals surface area contributed by atoms with Crippen LogP contribution in [0.3, 0.4) is 0 Å². The van der Waals surface area contributed by atoms with Crippen LogP contribution in [0, 0.1) is 11.8 Å². The molecule has 1 amide bonds. The maximum absolute atomic E-state index is 11.9. The molecular weight excluding hydrogens is 278 g/mol. The summed E-state index contributed by atoms with van der Waals surface area (Å²) >= 11 is 0. The summed E-state index contributed by atoms with van der Waals surface area (Å²) < 4.78 is 5.33. The lowest BCUT2D eigenvalue weighted by molar-refractivity contribution is -0.118. The number of amides is 1. The van der Waals surface area contributed by atoms with E-state index in [2.05, 4.69) is 22.1 Å². The topological polar surface area (TPSA) is 44.8 Å². The van der Waals surface area contributed by atoms with Crippen molar-refractivity contribution in [1.82, 2.24) is 4.90 Å². The van der Waals surface area contributed by atoms with E-state index in [0.29, 0.717) is 13.0 Å². The van der Waals surface area contributed by atoms with Gasteiger partial charge in [0.2, 0.25) is 5.91 Å². The first-order valence-corrected chi connectivity index (χ1v) is 7.67. The van der Waals surface area contributed by atoms with Crippen LogP contribution in [0.4, 0.5) is 11.4 Å². The number of anilines is 2. The molecule has 1 aromatic carbocycles. The Kier molecular flexibility index (Phi) is 4.62. The van der Waals surface area contributed by atoms with Gasteiger partial charge in [0.1, 0.15) is 0 Å². The molecular formula is C17H21N3O2. The largest absolute Gasteiger partial charge is 0.383 e. The number of hydrogen-bond acceptors (Lipinski definition) is 4. The average molecular weight is 299 g/mol. The standard InChI is InChI=1S/C17H21N3O2/c1-19-16-13-14(3-2-8-20-9-11-22-12-10-20)4-5-15(16)18-7-6-17(19)21/h4-5,13,18H,6-12H2,1H3. The van der Waals surface area contributed by atoms with Gasteiger partial charge < -0.3 is 15.0 Å². The third-order valence-corrected chi connectivity index (χ3v) is 4.03. The zero-order valence-electron chi connectivity index (χ0n) is 12.9. The number of fused-ring (bicyclic) bond motifs is 1. The summed E-state index contributed by atoms with van der Waals surface area (Å²) in [4.78, 5) is 15.9. The van der Waals surface area contributed by atoms with E-state index in [0.717, 1.165) is 49.8 Å². The highest BCUT2D eigenvalue weighted by molar-refractivity contribution is 5.98. The summed E-state index contributed by atoms with van der Waals surface area (Å²) in [6.07, 6.45) is 0.517. The molecule has 0 saturated carbocycles. The number of nitrogens with one attached hydrogen (secondary N) is 1. The van der Waals surface area contributed by atoms with Crippen molar-refractivity contribution < 1.29 is 9.53 Å². The van der Waals surface area contributed by atoms with Crippen LogP contribution in [-0.2, 0) is 9.53 Å².